The summed E-state index contributed by atoms with van der Waals surface area (Å²) in [7, 11) is 0. The summed E-state index contributed by atoms with van der Waals surface area (Å²) in [6, 6.07) is 0. The van der Waals surface area contributed by atoms with Crippen molar-refractivity contribution < 1.29 is 9.90 Å². The number of nitrogens with zero attached hydrogens (tertiary/aromatic N) is 2. The Labute approximate surface area is 103 Å². The molecular weight excluding hydrogens is 246 g/mol. The zero-order chi connectivity index (χ0) is 12.2. The molecule has 3 N–H and O–H groups in total. The van der Waals surface area contributed by atoms with Gasteiger partial charge in [0.25, 0.3) is 0 Å². The van der Waals surface area contributed by atoms with Gasteiger partial charge in [-0.2, -0.15) is 4.37 Å². The first kappa shape index (κ1) is 13.4. The lowest BCUT2D eigenvalue weighted by atomic mass is 10.0. The Hall–Kier alpha value is -0.660. The largest absolute Gasteiger partial charge is 0.480 e. The zero-order valence-electron chi connectivity index (χ0n) is 9.27. The van der Waals surface area contributed by atoms with Crippen molar-refractivity contribution in [3.63, 3.8) is 0 Å². The lowest BCUT2D eigenvalue weighted by Gasteiger charge is -2.17. The van der Waals surface area contributed by atoms with Gasteiger partial charge in [0.1, 0.15) is 11.4 Å². The van der Waals surface area contributed by atoms with Gasteiger partial charge in [-0.05, 0) is 24.9 Å². The van der Waals surface area contributed by atoms with Gasteiger partial charge in [0.05, 0.1) is 0 Å². The number of aromatic nitrogens is 2. The summed E-state index contributed by atoms with van der Waals surface area (Å²) in [6.45, 7) is 3.52. The van der Waals surface area contributed by atoms with Crippen LogP contribution in [0.5, 0.6) is 0 Å². The van der Waals surface area contributed by atoms with Gasteiger partial charge >= 0.3 is 5.97 Å². The number of nitrogens with two attached hydrogens (primary N) is 1. The fourth-order valence-electron chi connectivity index (χ4n) is 0.897. The second kappa shape index (κ2) is 5.60. The summed E-state index contributed by atoms with van der Waals surface area (Å²) < 4.78 is 5.02. The molecule has 7 heteroatoms. The van der Waals surface area contributed by atoms with Gasteiger partial charge in [-0.15, -0.1) is 0 Å². The van der Waals surface area contributed by atoms with Crippen LogP contribution in [-0.4, -0.2) is 31.7 Å². The Morgan fingerprint density at radius 2 is 2.38 bits per heavy atom. The van der Waals surface area contributed by atoms with Gasteiger partial charge in [0.15, 0.2) is 4.34 Å². The van der Waals surface area contributed by atoms with Gasteiger partial charge in [-0.25, -0.2) is 4.98 Å². The van der Waals surface area contributed by atoms with Crippen LogP contribution in [0.15, 0.2) is 4.34 Å². The van der Waals surface area contributed by atoms with E-state index in [-0.39, 0.29) is 0 Å². The monoisotopic (exact) mass is 261 g/mol. The molecule has 1 heterocycles. The van der Waals surface area contributed by atoms with E-state index in [1.54, 1.807) is 0 Å². The normalized spacial score (nSPS) is 14.7. The van der Waals surface area contributed by atoms with Crippen LogP contribution in [0.25, 0.3) is 0 Å². The first-order valence-corrected chi connectivity index (χ1v) is 6.69. The molecule has 0 aliphatic rings. The van der Waals surface area contributed by atoms with Gasteiger partial charge in [-0.3, -0.25) is 4.79 Å². The molecule has 0 aromatic carbocycles. The van der Waals surface area contributed by atoms with Gasteiger partial charge < -0.3 is 10.8 Å². The topological polar surface area (TPSA) is 89.1 Å². The molecule has 0 saturated heterocycles. The average molecular weight is 261 g/mol. The number of rotatable bonds is 6. The van der Waals surface area contributed by atoms with E-state index in [1.165, 1.54) is 30.2 Å². The molecule has 1 aromatic heterocycles. The van der Waals surface area contributed by atoms with Crippen LogP contribution < -0.4 is 5.73 Å². The zero-order valence-corrected chi connectivity index (χ0v) is 10.9. The summed E-state index contributed by atoms with van der Waals surface area (Å²) in [5.41, 5.74) is 4.45. The third-order valence-electron chi connectivity index (χ3n) is 2.10. The van der Waals surface area contributed by atoms with Gasteiger partial charge in [0, 0.05) is 12.2 Å². The van der Waals surface area contributed by atoms with E-state index in [0.717, 1.165) is 16.6 Å². The van der Waals surface area contributed by atoms with Crippen LogP contribution in [0, 0.1) is 0 Å². The van der Waals surface area contributed by atoms with Crippen molar-refractivity contribution >= 4 is 29.3 Å². The van der Waals surface area contributed by atoms with Gasteiger partial charge in [0.2, 0.25) is 0 Å². The Balaban J connectivity index is 2.38. The molecule has 16 heavy (non-hydrogen) atoms. The van der Waals surface area contributed by atoms with Crippen molar-refractivity contribution in [1.82, 2.24) is 9.36 Å². The van der Waals surface area contributed by atoms with Gasteiger partial charge in [-0.1, -0.05) is 18.7 Å². The summed E-state index contributed by atoms with van der Waals surface area (Å²) in [6.07, 6.45) is 1.23. The lowest BCUT2D eigenvalue weighted by Crippen LogP contribution is -2.45. The highest BCUT2D eigenvalue weighted by Crippen LogP contribution is 2.23. The van der Waals surface area contributed by atoms with E-state index in [4.69, 9.17) is 10.8 Å². The first-order valence-electron chi connectivity index (χ1n) is 4.93. The number of aliphatic carboxylic acids is 1. The molecule has 0 fully saturated rings. The number of thioether (sulfide) groups is 1. The lowest BCUT2D eigenvalue weighted by molar-refractivity contribution is -0.142. The minimum absolute atomic E-state index is 0.411. The van der Waals surface area contributed by atoms with Crippen LogP contribution in [0.2, 0.25) is 0 Å². The Kier molecular flexibility index (Phi) is 4.69. The summed E-state index contributed by atoms with van der Waals surface area (Å²) in [5.74, 6) is 0.498. The number of carbonyl (C=O) groups is 1. The number of carboxylic acids is 1. The van der Waals surface area contributed by atoms with E-state index in [1.807, 2.05) is 6.92 Å². The fourth-order valence-corrected chi connectivity index (χ4v) is 2.84. The van der Waals surface area contributed by atoms with E-state index in [9.17, 15) is 4.79 Å². The molecular formula is C9H15N3O2S2. The van der Waals surface area contributed by atoms with Crippen molar-refractivity contribution in [2.45, 2.75) is 36.6 Å². The Bertz CT molecular complexity index is 365. The molecule has 1 atom stereocenters. The van der Waals surface area contributed by atoms with Crippen LogP contribution in [0.3, 0.4) is 0 Å². The van der Waals surface area contributed by atoms with E-state index in [2.05, 4.69) is 9.36 Å². The quantitative estimate of drug-likeness (QED) is 0.752. The predicted octanol–water partition coefficient (Wildman–Crippen LogP) is 1.38. The van der Waals surface area contributed by atoms with Crippen LogP contribution in [-0.2, 0) is 11.2 Å². The molecule has 1 aromatic rings. The van der Waals surface area contributed by atoms with E-state index < -0.39 is 11.5 Å². The smallest absolute Gasteiger partial charge is 0.323 e. The van der Waals surface area contributed by atoms with Crippen molar-refractivity contribution in [2.24, 2.45) is 5.73 Å². The van der Waals surface area contributed by atoms with Crippen LogP contribution in [0.4, 0.5) is 0 Å². The highest BCUT2D eigenvalue weighted by Gasteiger charge is 2.27. The molecule has 0 spiro atoms. The van der Waals surface area contributed by atoms with Crippen molar-refractivity contribution in [3.8, 4) is 0 Å². The second-order valence-electron chi connectivity index (χ2n) is 3.65. The van der Waals surface area contributed by atoms with E-state index in [0.29, 0.717) is 12.2 Å². The van der Waals surface area contributed by atoms with Crippen molar-refractivity contribution in [1.29, 1.82) is 0 Å². The Morgan fingerprint density at radius 3 is 2.88 bits per heavy atom. The fraction of sp³-hybridized carbons (Fsp3) is 0.667. The number of aryl methyl sites for hydroxylation is 1. The van der Waals surface area contributed by atoms with Crippen molar-refractivity contribution in [2.75, 3.05) is 5.75 Å². The highest BCUT2D eigenvalue weighted by atomic mass is 32.2. The SMILES string of the molecule is CCc1nsc(SCCC(C)(N)C(=O)O)n1. The first-order chi connectivity index (χ1) is 7.45. The maximum Gasteiger partial charge on any atom is 0.323 e. The summed E-state index contributed by atoms with van der Waals surface area (Å²) in [4.78, 5) is 15.0. The number of hydrogen-bond acceptors (Lipinski definition) is 6. The maximum absolute atomic E-state index is 10.8. The second-order valence-corrected chi connectivity index (χ2v) is 5.75. The predicted molar refractivity (Wildman–Crippen MR) is 64.9 cm³/mol. The molecule has 1 unspecified atom stereocenters. The molecule has 0 aliphatic carbocycles. The minimum atomic E-state index is -1.16. The van der Waals surface area contributed by atoms with Crippen LogP contribution in [0.1, 0.15) is 26.1 Å². The third kappa shape index (κ3) is 3.73. The molecule has 1 rings (SSSR count). The molecule has 0 saturated carbocycles. The van der Waals surface area contributed by atoms with Crippen LogP contribution >= 0.6 is 23.3 Å². The number of carboxylic acid groups (broad SMARTS) is 1. The number of hydrogen-bond donors (Lipinski definition) is 2. The molecule has 0 amide bonds. The highest BCUT2D eigenvalue weighted by molar-refractivity contribution is 8.00. The average Bonchev–Trinajstić information content (AvgIpc) is 2.65. The standard InChI is InChI=1S/C9H15N3O2S2/c1-3-6-11-8(16-12-6)15-5-4-9(2,10)7(13)14/h3-5,10H2,1-2H3,(H,13,14). The molecule has 90 valence electrons. The van der Waals surface area contributed by atoms with E-state index >= 15 is 0 Å². The molecule has 0 radical (unpaired) electrons. The molecule has 0 aliphatic heterocycles. The Morgan fingerprint density at radius 1 is 1.69 bits per heavy atom. The molecule has 0 bridgehead atoms. The maximum atomic E-state index is 10.8. The summed E-state index contributed by atoms with van der Waals surface area (Å²) in [5, 5.41) is 8.82. The molecule has 5 nitrogen and oxygen atoms in total. The third-order valence-corrected chi connectivity index (χ3v) is 3.97. The van der Waals surface area contributed by atoms with Crippen molar-refractivity contribution in [3.05, 3.63) is 5.82 Å². The minimum Gasteiger partial charge on any atom is -0.480 e. The summed E-state index contributed by atoms with van der Waals surface area (Å²) >= 11 is 2.85.